The third kappa shape index (κ3) is 5.93. The van der Waals surface area contributed by atoms with Gasteiger partial charge in [0.05, 0.1) is 43.4 Å². The highest BCUT2D eigenvalue weighted by molar-refractivity contribution is 8.26. The first-order chi connectivity index (χ1) is 14.7. The second-order valence-electron chi connectivity index (χ2n) is 5.88. The van der Waals surface area contributed by atoms with Crippen molar-refractivity contribution in [1.82, 2.24) is 4.90 Å². The molecule has 1 aromatic carbocycles. The molecule has 8 nitrogen and oxygen atoms in total. The first-order valence-electron chi connectivity index (χ1n) is 8.81. The number of esters is 3. The van der Waals surface area contributed by atoms with Crippen LogP contribution in [0.3, 0.4) is 0 Å². The van der Waals surface area contributed by atoms with Crippen LogP contribution in [0.1, 0.15) is 12.5 Å². The van der Waals surface area contributed by atoms with Crippen LogP contribution in [0.2, 0.25) is 5.02 Å². The first-order valence-corrected chi connectivity index (χ1v) is 10.4. The van der Waals surface area contributed by atoms with Gasteiger partial charge in [-0.05, 0) is 24.6 Å². The van der Waals surface area contributed by atoms with E-state index in [9.17, 15) is 19.2 Å². The number of benzene rings is 1. The van der Waals surface area contributed by atoms with Gasteiger partial charge in [0.2, 0.25) is 0 Å². The van der Waals surface area contributed by atoms with E-state index in [-0.39, 0.29) is 22.4 Å². The van der Waals surface area contributed by atoms with Crippen molar-refractivity contribution < 1.29 is 33.4 Å². The van der Waals surface area contributed by atoms with E-state index in [2.05, 4.69) is 9.47 Å². The van der Waals surface area contributed by atoms with E-state index in [1.807, 2.05) is 0 Å². The predicted molar refractivity (Wildman–Crippen MR) is 118 cm³/mol. The average molecular weight is 484 g/mol. The maximum Gasteiger partial charge on any atom is 0.340 e. The maximum atomic E-state index is 13.1. The topological polar surface area (TPSA) is 99.2 Å². The van der Waals surface area contributed by atoms with E-state index < -0.39 is 35.0 Å². The number of ether oxygens (including phenoxy) is 3. The van der Waals surface area contributed by atoms with Gasteiger partial charge in [0.15, 0.2) is 0 Å². The number of halogens is 1. The largest absolute Gasteiger partial charge is 0.466 e. The van der Waals surface area contributed by atoms with Gasteiger partial charge in [0.1, 0.15) is 4.32 Å². The highest BCUT2D eigenvalue weighted by Crippen LogP contribution is 2.37. The molecule has 2 rings (SSSR count). The molecule has 31 heavy (non-hydrogen) atoms. The van der Waals surface area contributed by atoms with E-state index in [0.717, 1.165) is 37.6 Å². The smallest absolute Gasteiger partial charge is 0.340 e. The monoisotopic (exact) mass is 483 g/mol. The molecule has 1 aliphatic heterocycles. The summed E-state index contributed by atoms with van der Waals surface area (Å²) in [5.74, 6) is -3.53. The fourth-order valence-electron chi connectivity index (χ4n) is 2.51. The zero-order valence-electron chi connectivity index (χ0n) is 16.8. The molecule has 164 valence electrons. The Morgan fingerprint density at radius 3 is 2.32 bits per heavy atom. The van der Waals surface area contributed by atoms with Gasteiger partial charge in [-0.3, -0.25) is 9.69 Å². The van der Waals surface area contributed by atoms with Crippen molar-refractivity contribution in [2.24, 2.45) is 0 Å². The molecule has 0 atom stereocenters. The van der Waals surface area contributed by atoms with Crippen LogP contribution < -0.4 is 0 Å². The second-order valence-corrected chi connectivity index (χ2v) is 7.96. The molecule has 11 heteroatoms. The first kappa shape index (κ1) is 24.6. The molecule has 0 unspecified atom stereocenters. The van der Waals surface area contributed by atoms with Gasteiger partial charge in [-0.15, -0.1) is 0 Å². The van der Waals surface area contributed by atoms with Gasteiger partial charge >= 0.3 is 17.9 Å². The SMILES string of the molecule is CCOC(=O)C(C(=CC(=O)OC)C(=O)OC)=C1SC(=S)N(Cc2ccc(Cl)cc2)C1=O. The molecule has 0 bridgehead atoms. The Morgan fingerprint density at radius 1 is 1.13 bits per heavy atom. The number of amides is 1. The van der Waals surface area contributed by atoms with Crippen molar-refractivity contribution in [3.8, 4) is 0 Å². The number of carbonyl (C=O) groups is 4. The lowest BCUT2D eigenvalue weighted by molar-refractivity contribution is -0.141. The van der Waals surface area contributed by atoms with E-state index in [4.69, 9.17) is 28.6 Å². The number of hydrogen-bond acceptors (Lipinski definition) is 9. The van der Waals surface area contributed by atoms with Gasteiger partial charge in [-0.1, -0.05) is 47.7 Å². The lowest BCUT2D eigenvalue weighted by Crippen LogP contribution is -2.28. The van der Waals surface area contributed by atoms with Gasteiger partial charge in [0, 0.05) is 11.1 Å². The van der Waals surface area contributed by atoms with Crippen LogP contribution in [0.4, 0.5) is 0 Å². The summed E-state index contributed by atoms with van der Waals surface area (Å²) in [6, 6.07) is 6.80. The number of carbonyl (C=O) groups excluding carboxylic acids is 4. The molecule has 0 radical (unpaired) electrons. The summed E-state index contributed by atoms with van der Waals surface area (Å²) in [7, 11) is 2.17. The summed E-state index contributed by atoms with van der Waals surface area (Å²) in [6.45, 7) is 1.65. The molecular weight excluding hydrogens is 466 g/mol. The number of rotatable bonds is 7. The minimum absolute atomic E-state index is 0.0277. The fourth-order valence-corrected chi connectivity index (χ4v) is 3.95. The van der Waals surface area contributed by atoms with Crippen LogP contribution in [0.25, 0.3) is 0 Å². The van der Waals surface area contributed by atoms with Crippen LogP contribution in [-0.2, 0) is 39.9 Å². The van der Waals surface area contributed by atoms with Crippen LogP contribution in [-0.4, -0.2) is 53.9 Å². The van der Waals surface area contributed by atoms with Gasteiger partial charge in [-0.2, -0.15) is 0 Å². The van der Waals surface area contributed by atoms with Crippen molar-refractivity contribution in [3.05, 3.63) is 57.0 Å². The minimum Gasteiger partial charge on any atom is -0.466 e. The summed E-state index contributed by atoms with van der Waals surface area (Å²) in [4.78, 5) is 51.1. The molecule has 1 amide bonds. The molecule has 1 aromatic rings. The molecule has 0 aliphatic carbocycles. The summed E-state index contributed by atoms with van der Waals surface area (Å²) in [5, 5.41) is 0.536. The summed E-state index contributed by atoms with van der Waals surface area (Å²) < 4.78 is 14.4. The van der Waals surface area contributed by atoms with Crippen LogP contribution in [0.15, 0.2) is 46.4 Å². The van der Waals surface area contributed by atoms with E-state index >= 15 is 0 Å². The average Bonchev–Trinajstić information content (AvgIpc) is 3.02. The molecule has 0 spiro atoms. The Morgan fingerprint density at radius 2 is 1.77 bits per heavy atom. The van der Waals surface area contributed by atoms with Gasteiger partial charge in [-0.25, -0.2) is 14.4 Å². The van der Waals surface area contributed by atoms with Crippen LogP contribution in [0.5, 0.6) is 0 Å². The predicted octanol–water partition coefficient (Wildman–Crippen LogP) is 2.79. The molecule has 1 aliphatic rings. The Labute approximate surface area is 193 Å². The van der Waals surface area contributed by atoms with Gasteiger partial charge < -0.3 is 14.2 Å². The van der Waals surface area contributed by atoms with Crippen molar-refractivity contribution in [3.63, 3.8) is 0 Å². The van der Waals surface area contributed by atoms with Crippen molar-refractivity contribution in [2.45, 2.75) is 13.5 Å². The summed E-state index contributed by atoms with van der Waals surface area (Å²) in [6.07, 6.45) is 0.768. The molecule has 0 aromatic heterocycles. The van der Waals surface area contributed by atoms with Crippen LogP contribution >= 0.6 is 35.6 Å². The third-order valence-corrected chi connectivity index (χ3v) is 5.65. The molecule has 0 saturated carbocycles. The zero-order chi connectivity index (χ0) is 23.1. The lowest BCUT2D eigenvalue weighted by Gasteiger charge is -2.15. The zero-order valence-corrected chi connectivity index (χ0v) is 19.2. The number of thioether (sulfide) groups is 1. The fraction of sp³-hybridized carbons (Fsp3) is 0.250. The number of methoxy groups -OCH3 is 2. The number of hydrogen-bond donors (Lipinski definition) is 0. The number of thiocarbonyl (C=S) groups is 1. The highest BCUT2D eigenvalue weighted by atomic mass is 35.5. The second kappa shape index (κ2) is 11.1. The highest BCUT2D eigenvalue weighted by Gasteiger charge is 2.39. The molecular formula is C20H18ClNO7S2. The lowest BCUT2D eigenvalue weighted by atomic mass is 10.0. The van der Waals surface area contributed by atoms with E-state index in [1.54, 1.807) is 31.2 Å². The minimum atomic E-state index is -1.02. The summed E-state index contributed by atoms with van der Waals surface area (Å²) in [5.41, 5.74) is -0.146. The molecule has 1 saturated heterocycles. The number of nitrogens with zero attached hydrogens (tertiary/aromatic N) is 1. The molecule has 1 fully saturated rings. The summed E-state index contributed by atoms with van der Waals surface area (Å²) >= 11 is 12.0. The van der Waals surface area contributed by atoms with Crippen molar-refractivity contribution in [1.29, 1.82) is 0 Å². The van der Waals surface area contributed by atoms with Crippen molar-refractivity contribution >= 4 is 63.7 Å². The maximum absolute atomic E-state index is 13.1. The van der Waals surface area contributed by atoms with Crippen LogP contribution in [0, 0.1) is 0 Å². The molecule has 1 heterocycles. The Hall–Kier alpha value is -2.69. The third-order valence-electron chi connectivity index (χ3n) is 3.95. The standard InChI is InChI=1S/C20H18ClNO7S2/c1-4-29-19(26)15(13(18(25)28-3)9-14(23)27-2)16-17(24)22(20(30)31-16)10-11-5-7-12(21)8-6-11/h5-9H,4,10H2,1-3H3. The van der Waals surface area contributed by atoms with Crippen molar-refractivity contribution in [2.75, 3.05) is 20.8 Å². The van der Waals surface area contributed by atoms with E-state index in [1.165, 1.54) is 4.90 Å². The normalized spacial score (nSPS) is 15.6. The Balaban J connectivity index is 2.57. The van der Waals surface area contributed by atoms with Gasteiger partial charge in [0.25, 0.3) is 5.91 Å². The Bertz CT molecular complexity index is 986. The molecule has 0 N–H and O–H groups in total. The Kier molecular flexibility index (Phi) is 8.78. The quantitative estimate of drug-likeness (QED) is 0.251. The van der Waals surface area contributed by atoms with E-state index in [0.29, 0.717) is 5.02 Å².